The molecule has 2 aliphatic rings. The number of benzene rings is 3. The van der Waals surface area contributed by atoms with Gasteiger partial charge in [-0.2, -0.15) is 0 Å². The van der Waals surface area contributed by atoms with Crippen molar-refractivity contribution in [3.63, 3.8) is 0 Å². The lowest BCUT2D eigenvalue weighted by Crippen LogP contribution is -2.65. The van der Waals surface area contributed by atoms with Crippen LogP contribution in [0.25, 0.3) is 0 Å². The standard InChI is InChI=1S/C39H41Cl3O13/c1-22-29(51-24(3)43)32(52-25(4)44)34(37(49-22)48-21-39(40,41)42)55-38-33(47-20-26-14-8-5-9-15-26)31(54-36(46)28-18-12-7-13-19-28)30(23(2)50-38)53-35(45)27-16-10-6-11-17-27/h5-19,22-23,29-34,37-38H,20-21H2,1-4H3/t22-,23-,29+,30+,31+,32+,33-,34-,37+,38-/m0/s1. The first-order chi connectivity index (χ1) is 26.2. The third-order valence-corrected chi connectivity index (χ3v) is 8.88. The fourth-order valence-electron chi connectivity index (χ4n) is 6.12. The predicted molar refractivity (Wildman–Crippen MR) is 197 cm³/mol. The molecule has 16 heteroatoms. The van der Waals surface area contributed by atoms with Crippen molar-refractivity contribution >= 4 is 58.7 Å². The van der Waals surface area contributed by atoms with Crippen LogP contribution in [-0.4, -0.2) is 95.7 Å². The van der Waals surface area contributed by atoms with Crippen molar-refractivity contribution in [1.29, 1.82) is 0 Å². The zero-order valence-corrected chi connectivity index (χ0v) is 32.6. The number of carbonyl (C=O) groups is 4. The maximum Gasteiger partial charge on any atom is 0.338 e. The second kappa shape index (κ2) is 19.4. The highest BCUT2D eigenvalue weighted by Gasteiger charge is 2.56. The van der Waals surface area contributed by atoms with Gasteiger partial charge in [0.15, 0.2) is 43.1 Å². The van der Waals surface area contributed by atoms with Gasteiger partial charge in [-0.25, -0.2) is 9.59 Å². The summed E-state index contributed by atoms with van der Waals surface area (Å²) in [6.45, 7) is 4.97. The van der Waals surface area contributed by atoms with Crippen LogP contribution < -0.4 is 0 Å². The van der Waals surface area contributed by atoms with Crippen molar-refractivity contribution in [2.24, 2.45) is 0 Å². The lowest BCUT2D eigenvalue weighted by molar-refractivity contribution is -0.365. The van der Waals surface area contributed by atoms with Gasteiger partial charge in [0, 0.05) is 13.8 Å². The van der Waals surface area contributed by atoms with Crippen LogP contribution in [0.5, 0.6) is 0 Å². The summed E-state index contributed by atoms with van der Waals surface area (Å²) in [5.74, 6) is -2.90. The Morgan fingerprint density at radius 2 is 1.00 bits per heavy atom. The molecule has 13 nitrogen and oxygen atoms in total. The molecule has 2 saturated heterocycles. The van der Waals surface area contributed by atoms with Crippen LogP contribution >= 0.6 is 34.8 Å². The van der Waals surface area contributed by atoms with Gasteiger partial charge in [-0.15, -0.1) is 0 Å². The summed E-state index contributed by atoms with van der Waals surface area (Å²) in [4.78, 5) is 52.0. The van der Waals surface area contributed by atoms with Gasteiger partial charge in [-0.1, -0.05) is 102 Å². The number of halogens is 3. The highest BCUT2D eigenvalue weighted by molar-refractivity contribution is 6.67. The van der Waals surface area contributed by atoms with Crippen LogP contribution in [0.3, 0.4) is 0 Å². The summed E-state index contributed by atoms with van der Waals surface area (Å²) in [5, 5.41) is 0. The predicted octanol–water partition coefficient (Wildman–Crippen LogP) is 6.15. The Balaban J connectivity index is 1.57. The van der Waals surface area contributed by atoms with Crippen molar-refractivity contribution in [3.8, 4) is 0 Å². The van der Waals surface area contributed by atoms with E-state index in [4.69, 9.17) is 77.4 Å². The van der Waals surface area contributed by atoms with E-state index in [1.165, 1.54) is 6.92 Å². The van der Waals surface area contributed by atoms with E-state index in [9.17, 15) is 19.2 Å². The maximum atomic E-state index is 13.7. The SMILES string of the molecule is CC(=O)O[C@H]1[C@H](O[C@@H]2O[C@@H](C)[C@@H](OC(=O)c3ccccc3)[C@@H](OC(=O)c3ccccc3)[C@@H]2OCc2ccccc2)[C@H](OCC(Cl)(Cl)Cl)O[C@@H](C)[C@H]1OC(C)=O. The number of carbonyl (C=O) groups excluding carboxylic acids is 4. The molecule has 55 heavy (non-hydrogen) atoms. The average Bonchev–Trinajstić information content (AvgIpc) is 3.15. The van der Waals surface area contributed by atoms with E-state index in [0.29, 0.717) is 0 Å². The summed E-state index contributed by atoms with van der Waals surface area (Å²) in [7, 11) is 0. The number of hydrogen-bond donors (Lipinski definition) is 0. The molecule has 0 unspecified atom stereocenters. The number of ether oxygens (including phenoxy) is 9. The summed E-state index contributed by atoms with van der Waals surface area (Å²) >= 11 is 18.1. The topological polar surface area (TPSA) is 151 Å². The van der Waals surface area contributed by atoms with Crippen LogP contribution in [-0.2, 0) is 58.8 Å². The average molecular weight is 824 g/mol. The van der Waals surface area contributed by atoms with Crippen LogP contribution in [0.2, 0.25) is 0 Å². The molecule has 3 aromatic carbocycles. The first kappa shape index (κ1) is 42.4. The minimum atomic E-state index is -1.90. The molecule has 0 radical (unpaired) electrons. The van der Waals surface area contributed by atoms with Crippen molar-refractivity contribution < 1.29 is 61.8 Å². The minimum absolute atomic E-state index is 0.0450. The Bertz CT molecular complexity index is 1730. The van der Waals surface area contributed by atoms with Gasteiger partial charge in [-0.3, -0.25) is 9.59 Å². The molecule has 10 atom stereocenters. The van der Waals surface area contributed by atoms with Crippen LogP contribution in [0.1, 0.15) is 54.0 Å². The molecule has 0 aliphatic carbocycles. The molecule has 3 aromatic rings. The third kappa shape index (κ3) is 11.9. The largest absolute Gasteiger partial charge is 0.456 e. The Labute approximate surface area is 333 Å². The molecular weight excluding hydrogens is 783 g/mol. The van der Waals surface area contributed by atoms with Crippen molar-refractivity contribution in [2.75, 3.05) is 6.61 Å². The van der Waals surface area contributed by atoms with Gasteiger partial charge in [0.25, 0.3) is 0 Å². The number of hydrogen-bond acceptors (Lipinski definition) is 13. The lowest BCUT2D eigenvalue weighted by atomic mass is 9.96. The van der Waals surface area contributed by atoms with Crippen molar-refractivity contribution in [2.45, 2.75) is 99.5 Å². The van der Waals surface area contributed by atoms with E-state index < -0.39 is 95.7 Å². The van der Waals surface area contributed by atoms with Gasteiger partial charge >= 0.3 is 23.9 Å². The van der Waals surface area contributed by atoms with E-state index in [1.54, 1.807) is 74.5 Å². The fraction of sp³-hybridized carbons (Fsp3) is 0.436. The molecule has 0 N–H and O–H groups in total. The quantitative estimate of drug-likeness (QED) is 0.110. The summed E-state index contributed by atoms with van der Waals surface area (Å²) in [6, 6.07) is 25.6. The molecule has 0 spiro atoms. The van der Waals surface area contributed by atoms with Gasteiger partial charge in [0.2, 0.25) is 3.79 Å². The van der Waals surface area contributed by atoms with Crippen molar-refractivity contribution in [1.82, 2.24) is 0 Å². The fourth-order valence-corrected chi connectivity index (χ4v) is 6.31. The molecule has 5 rings (SSSR count). The number of rotatable bonds is 13. The first-order valence-corrected chi connectivity index (χ1v) is 18.5. The van der Waals surface area contributed by atoms with E-state index in [0.717, 1.165) is 12.5 Å². The van der Waals surface area contributed by atoms with Crippen molar-refractivity contribution in [3.05, 3.63) is 108 Å². The molecule has 2 fully saturated rings. The number of esters is 4. The lowest BCUT2D eigenvalue weighted by Gasteiger charge is -2.48. The molecule has 2 heterocycles. The Morgan fingerprint density at radius 1 is 0.564 bits per heavy atom. The molecule has 0 saturated carbocycles. The molecule has 0 aromatic heterocycles. The second-order valence-electron chi connectivity index (χ2n) is 12.8. The third-order valence-electron chi connectivity index (χ3n) is 8.55. The van der Waals surface area contributed by atoms with E-state index in [1.807, 2.05) is 30.3 Å². The maximum absolute atomic E-state index is 13.7. The van der Waals surface area contributed by atoms with E-state index in [-0.39, 0.29) is 17.7 Å². The minimum Gasteiger partial charge on any atom is -0.456 e. The Hall–Kier alpha value is -3.79. The molecular formula is C39H41Cl3O13. The highest BCUT2D eigenvalue weighted by Crippen LogP contribution is 2.37. The van der Waals surface area contributed by atoms with Crippen LogP contribution in [0, 0.1) is 0 Å². The molecule has 0 bridgehead atoms. The Morgan fingerprint density at radius 3 is 1.51 bits per heavy atom. The van der Waals surface area contributed by atoms with Gasteiger partial charge in [0.05, 0.1) is 36.5 Å². The first-order valence-electron chi connectivity index (χ1n) is 17.4. The van der Waals surface area contributed by atoms with Crippen LogP contribution in [0.15, 0.2) is 91.0 Å². The second-order valence-corrected chi connectivity index (χ2v) is 15.3. The van der Waals surface area contributed by atoms with Gasteiger partial charge in [-0.05, 0) is 43.7 Å². The van der Waals surface area contributed by atoms with E-state index >= 15 is 0 Å². The summed E-state index contributed by atoms with van der Waals surface area (Å²) in [6.07, 6.45) is -12.7. The van der Waals surface area contributed by atoms with Crippen LogP contribution in [0.4, 0.5) is 0 Å². The smallest absolute Gasteiger partial charge is 0.338 e. The normalized spacial score (nSPS) is 28.1. The summed E-state index contributed by atoms with van der Waals surface area (Å²) < 4.78 is 52.9. The number of alkyl halides is 3. The Kier molecular flexibility index (Phi) is 14.9. The highest BCUT2D eigenvalue weighted by atomic mass is 35.6. The molecule has 296 valence electrons. The monoisotopic (exact) mass is 822 g/mol. The van der Waals surface area contributed by atoms with Gasteiger partial charge in [0.1, 0.15) is 6.10 Å². The molecule has 0 amide bonds. The molecule has 2 aliphatic heterocycles. The summed E-state index contributed by atoms with van der Waals surface area (Å²) in [5.41, 5.74) is 1.19. The van der Waals surface area contributed by atoms with E-state index in [2.05, 4.69) is 0 Å². The zero-order chi connectivity index (χ0) is 39.7. The van der Waals surface area contributed by atoms with Gasteiger partial charge < -0.3 is 42.6 Å². The zero-order valence-electron chi connectivity index (χ0n) is 30.3.